The van der Waals surface area contributed by atoms with Crippen molar-refractivity contribution in [1.29, 1.82) is 0 Å². The van der Waals surface area contributed by atoms with E-state index in [1.165, 1.54) is 9.13 Å². The van der Waals surface area contributed by atoms with Gasteiger partial charge in [-0.3, -0.25) is 13.9 Å². The topological polar surface area (TPSA) is 77.1 Å². The molecular formula is C11H13N3O3. The van der Waals surface area contributed by atoms with Crippen LogP contribution in [0.5, 0.6) is 0 Å². The van der Waals surface area contributed by atoms with Gasteiger partial charge in [0, 0.05) is 19.8 Å². The fourth-order valence-corrected chi connectivity index (χ4v) is 1.75. The summed E-state index contributed by atoms with van der Waals surface area (Å²) in [5, 5.41) is 8.87. The third-order valence-electron chi connectivity index (χ3n) is 2.78. The van der Waals surface area contributed by atoms with E-state index < -0.39 is 11.9 Å². The molecule has 0 bridgehead atoms. The first-order chi connectivity index (χ1) is 8.02. The number of nitrogens with zero attached hydrogens (tertiary/aromatic N) is 3. The van der Waals surface area contributed by atoms with Gasteiger partial charge in [-0.25, -0.2) is 9.78 Å². The number of aromatic nitrogens is 3. The summed E-state index contributed by atoms with van der Waals surface area (Å²) in [4.78, 5) is 26.9. The van der Waals surface area contributed by atoms with Crippen molar-refractivity contribution in [2.24, 2.45) is 13.0 Å². The van der Waals surface area contributed by atoms with E-state index in [-0.39, 0.29) is 12.2 Å². The van der Waals surface area contributed by atoms with E-state index in [0.29, 0.717) is 11.2 Å². The van der Waals surface area contributed by atoms with Crippen LogP contribution in [0.25, 0.3) is 11.2 Å². The lowest BCUT2D eigenvalue weighted by molar-refractivity contribution is -0.141. The zero-order valence-corrected chi connectivity index (χ0v) is 9.62. The van der Waals surface area contributed by atoms with Gasteiger partial charge in [0.15, 0.2) is 5.65 Å². The monoisotopic (exact) mass is 235 g/mol. The maximum absolute atomic E-state index is 11.9. The second-order valence-electron chi connectivity index (χ2n) is 4.04. The van der Waals surface area contributed by atoms with E-state index >= 15 is 0 Å². The molecule has 0 spiro atoms. The van der Waals surface area contributed by atoms with Crippen LogP contribution in [0.3, 0.4) is 0 Å². The van der Waals surface area contributed by atoms with Crippen molar-refractivity contribution in [2.75, 3.05) is 0 Å². The summed E-state index contributed by atoms with van der Waals surface area (Å²) in [6.45, 7) is 1.69. The van der Waals surface area contributed by atoms with E-state index in [4.69, 9.17) is 5.11 Å². The van der Waals surface area contributed by atoms with Gasteiger partial charge in [-0.1, -0.05) is 6.92 Å². The van der Waals surface area contributed by atoms with Crippen LogP contribution in [0.2, 0.25) is 0 Å². The first-order valence-electron chi connectivity index (χ1n) is 5.25. The highest BCUT2D eigenvalue weighted by Gasteiger charge is 2.17. The van der Waals surface area contributed by atoms with Gasteiger partial charge in [0.05, 0.1) is 11.4 Å². The van der Waals surface area contributed by atoms with Gasteiger partial charge in [-0.2, -0.15) is 0 Å². The molecule has 0 saturated heterocycles. The van der Waals surface area contributed by atoms with Crippen LogP contribution in [0, 0.1) is 5.92 Å². The van der Waals surface area contributed by atoms with E-state index in [1.807, 2.05) is 0 Å². The maximum atomic E-state index is 11.9. The van der Waals surface area contributed by atoms with Crippen LogP contribution < -0.4 is 5.69 Å². The Balaban J connectivity index is 2.58. The Morgan fingerprint density at radius 2 is 2.29 bits per heavy atom. The van der Waals surface area contributed by atoms with Crippen LogP contribution in [-0.2, 0) is 18.4 Å². The number of rotatable bonds is 3. The van der Waals surface area contributed by atoms with Crippen LogP contribution >= 0.6 is 0 Å². The number of aliphatic carboxylic acids is 1. The predicted molar refractivity (Wildman–Crippen MR) is 61.8 cm³/mol. The van der Waals surface area contributed by atoms with Crippen molar-refractivity contribution in [3.05, 3.63) is 28.8 Å². The van der Waals surface area contributed by atoms with Gasteiger partial charge in [0.2, 0.25) is 0 Å². The molecule has 2 aromatic rings. The van der Waals surface area contributed by atoms with Crippen molar-refractivity contribution >= 4 is 17.1 Å². The van der Waals surface area contributed by atoms with Crippen LogP contribution in [0.4, 0.5) is 0 Å². The normalized spacial score (nSPS) is 12.8. The Bertz CT molecular complexity index is 626. The fraction of sp³-hybridized carbons (Fsp3) is 0.364. The molecule has 0 saturated carbocycles. The van der Waals surface area contributed by atoms with Crippen LogP contribution in [0.15, 0.2) is 23.1 Å². The number of pyridine rings is 1. The number of hydrogen-bond donors (Lipinski definition) is 1. The van der Waals surface area contributed by atoms with E-state index in [0.717, 1.165) is 0 Å². The first kappa shape index (κ1) is 11.4. The zero-order chi connectivity index (χ0) is 12.6. The SMILES string of the molecule is CC(Cn1c(=O)n(C)c2cccnc21)C(=O)O. The molecule has 0 radical (unpaired) electrons. The fourth-order valence-electron chi connectivity index (χ4n) is 1.75. The third kappa shape index (κ3) is 1.82. The van der Waals surface area contributed by atoms with E-state index in [2.05, 4.69) is 4.98 Å². The summed E-state index contributed by atoms with van der Waals surface area (Å²) < 4.78 is 2.87. The van der Waals surface area contributed by atoms with Gasteiger partial charge in [0.1, 0.15) is 0 Å². The number of hydrogen-bond acceptors (Lipinski definition) is 3. The van der Waals surface area contributed by atoms with Crippen LogP contribution in [0.1, 0.15) is 6.92 Å². The first-order valence-corrected chi connectivity index (χ1v) is 5.25. The van der Waals surface area contributed by atoms with Gasteiger partial charge < -0.3 is 5.11 Å². The Hall–Kier alpha value is -2.11. The Morgan fingerprint density at radius 1 is 1.59 bits per heavy atom. The molecular weight excluding hydrogens is 222 g/mol. The van der Waals surface area contributed by atoms with Crippen molar-refractivity contribution in [2.45, 2.75) is 13.5 Å². The summed E-state index contributed by atoms with van der Waals surface area (Å²) in [5.41, 5.74) is 0.981. The largest absolute Gasteiger partial charge is 0.481 e. The lowest BCUT2D eigenvalue weighted by Gasteiger charge is -2.06. The molecule has 1 unspecified atom stereocenters. The smallest absolute Gasteiger partial charge is 0.330 e. The molecule has 0 aliphatic heterocycles. The number of carbonyl (C=O) groups is 1. The quantitative estimate of drug-likeness (QED) is 0.838. The molecule has 90 valence electrons. The summed E-state index contributed by atoms with van der Waals surface area (Å²) >= 11 is 0. The second-order valence-corrected chi connectivity index (χ2v) is 4.04. The molecule has 0 amide bonds. The molecule has 0 aliphatic carbocycles. The van der Waals surface area contributed by atoms with Gasteiger partial charge in [-0.05, 0) is 12.1 Å². The number of carboxylic acids is 1. The number of imidazole rings is 1. The molecule has 6 heteroatoms. The molecule has 2 aromatic heterocycles. The van der Waals surface area contributed by atoms with Crippen molar-refractivity contribution < 1.29 is 9.90 Å². The standard InChI is InChI=1S/C11H13N3O3/c1-7(10(15)16)6-14-9-8(4-3-5-12-9)13(2)11(14)17/h3-5,7H,6H2,1-2H3,(H,15,16). The lowest BCUT2D eigenvalue weighted by Crippen LogP contribution is -2.27. The second kappa shape index (κ2) is 4.04. The Kier molecular flexibility index (Phi) is 2.71. The molecule has 6 nitrogen and oxygen atoms in total. The van der Waals surface area contributed by atoms with Crippen molar-refractivity contribution in [3.8, 4) is 0 Å². The van der Waals surface area contributed by atoms with E-state index in [1.54, 1.807) is 32.3 Å². The number of fused-ring (bicyclic) bond motifs is 1. The minimum Gasteiger partial charge on any atom is -0.481 e. The molecule has 2 rings (SSSR count). The minimum atomic E-state index is -0.926. The summed E-state index contributed by atoms with van der Waals surface area (Å²) in [6, 6.07) is 3.53. The molecule has 17 heavy (non-hydrogen) atoms. The average molecular weight is 235 g/mol. The Labute approximate surface area is 97.1 Å². The predicted octanol–water partition coefficient (Wildman–Crippen LogP) is 0.456. The highest BCUT2D eigenvalue weighted by molar-refractivity contribution is 5.72. The Morgan fingerprint density at radius 3 is 2.94 bits per heavy atom. The number of carboxylic acid groups (broad SMARTS) is 1. The molecule has 0 aromatic carbocycles. The molecule has 1 N–H and O–H groups in total. The van der Waals surface area contributed by atoms with E-state index in [9.17, 15) is 9.59 Å². The molecule has 2 heterocycles. The summed E-state index contributed by atoms with van der Waals surface area (Å²) in [6.07, 6.45) is 1.59. The highest BCUT2D eigenvalue weighted by Crippen LogP contribution is 2.10. The third-order valence-corrected chi connectivity index (χ3v) is 2.78. The van der Waals surface area contributed by atoms with Crippen molar-refractivity contribution in [3.63, 3.8) is 0 Å². The average Bonchev–Trinajstić information content (AvgIpc) is 2.55. The van der Waals surface area contributed by atoms with Gasteiger partial charge in [0.25, 0.3) is 0 Å². The maximum Gasteiger partial charge on any atom is 0.330 e. The zero-order valence-electron chi connectivity index (χ0n) is 9.62. The summed E-state index contributed by atoms with van der Waals surface area (Å²) in [5.74, 6) is -1.55. The number of aryl methyl sites for hydroxylation is 1. The molecule has 0 fully saturated rings. The van der Waals surface area contributed by atoms with Gasteiger partial charge in [-0.15, -0.1) is 0 Å². The molecule has 0 aliphatic rings. The molecule has 1 atom stereocenters. The summed E-state index contributed by atoms with van der Waals surface area (Å²) in [7, 11) is 1.65. The van der Waals surface area contributed by atoms with Gasteiger partial charge >= 0.3 is 11.7 Å². The van der Waals surface area contributed by atoms with Crippen LogP contribution in [-0.4, -0.2) is 25.2 Å². The lowest BCUT2D eigenvalue weighted by atomic mass is 10.2. The van der Waals surface area contributed by atoms with Crippen molar-refractivity contribution in [1.82, 2.24) is 14.1 Å². The minimum absolute atomic E-state index is 0.127. The highest BCUT2D eigenvalue weighted by atomic mass is 16.4.